The number of thioether (sulfide) groups is 2. The molecule has 0 rings (SSSR count). The van der Waals surface area contributed by atoms with Gasteiger partial charge in [-0.2, -0.15) is 0 Å². The standard InChI is InChI=1S/C4H8OS2/c1-3-7-4(5)6-2/h3H2,1-2H3. The molecule has 0 saturated carbocycles. The molecule has 0 aromatic heterocycles. The van der Waals surface area contributed by atoms with Crippen LogP contribution in [0.25, 0.3) is 0 Å². The summed E-state index contributed by atoms with van der Waals surface area (Å²) in [6, 6.07) is 0. The van der Waals surface area contributed by atoms with Crippen molar-refractivity contribution in [3.8, 4) is 0 Å². The molecule has 0 aliphatic carbocycles. The molecule has 42 valence electrons. The van der Waals surface area contributed by atoms with E-state index < -0.39 is 0 Å². The first kappa shape index (κ1) is 7.37. The molecule has 3 heteroatoms. The lowest BCUT2D eigenvalue weighted by Gasteiger charge is -1.86. The van der Waals surface area contributed by atoms with Crippen molar-refractivity contribution in [3.63, 3.8) is 0 Å². The molecule has 0 bridgehead atoms. The second kappa shape index (κ2) is 4.53. The summed E-state index contributed by atoms with van der Waals surface area (Å²) >= 11 is 2.63. The first-order valence-electron chi connectivity index (χ1n) is 2.02. The topological polar surface area (TPSA) is 17.1 Å². The fourth-order valence-corrected chi connectivity index (χ4v) is 1.24. The lowest BCUT2D eigenvalue weighted by Crippen LogP contribution is -1.76. The molecule has 0 spiro atoms. The Morgan fingerprint density at radius 3 is 2.43 bits per heavy atom. The van der Waals surface area contributed by atoms with Crippen LogP contribution in [-0.2, 0) is 0 Å². The van der Waals surface area contributed by atoms with Gasteiger partial charge in [-0.05, 0) is 12.0 Å². The Kier molecular flexibility index (Phi) is 4.77. The van der Waals surface area contributed by atoms with Gasteiger partial charge < -0.3 is 0 Å². The number of hydrogen-bond acceptors (Lipinski definition) is 3. The monoisotopic (exact) mass is 136 g/mol. The van der Waals surface area contributed by atoms with Crippen molar-refractivity contribution in [1.82, 2.24) is 0 Å². The summed E-state index contributed by atoms with van der Waals surface area (Å²) in [6.45, 7) is 1.97. The molecule has 0 aliphatic rings. The molecule has 0 aromatic carbocycles. The maximum atomic E-state index is 10.3. The molecular formula is C4H8OS2. The molecule has 0 N–H and O–H groups in total. The van der Waals surface area contributed by atoms with Gasteiger partial charge >= 0.3 is 0 Å². The summed E-state index contributed by atoms with van der Waals surface area (Å²) in [5.74, 6) is 0.889. The number of carbonyl (C=O) groups excluding carboxylic acids is 1. The average Bonchev–Trinajstić information content (AvgIpc) is 1.68. The van der Waals surface area contributed by atoms with E-state index >= 15 is 0 Å². The highest BCUT2D eigenvalue weighted by molar-refractivity contribution is 8.38. The average molecular weight is 136 g/mol. The maximum absolute atomic E-state index is 10.3. The Hall–Kier alpha value is 0.370. The summed E-state index contributed by atoms with van der Waals surface area (Å²) in [6.07, 6.45) is 1.80. The predicted molar refractivity (Wildman–Crippen MR) is 37.0 cm³/mol. The molecule has 0 unspecified atom stereocenters. The van der Waals surface area contributed by atoms with Crippen molar-refractivity contribution >= 4 is 28.0 Å². The lowest BCUT2D eigenvalue weighted by molar-refractivity contribution is 0.276. The van der Waals surface area contributed by atoms with Crippen molar-refractivity contribution in [2.24, 2.45) is 0 Å². The van der Waals surface area contributed by atoms with Crippen molar-refractivity contribution in [3.05, 3.63) is 0 Å². The summed E-state index contributed by atoms with van der Waals surface area (Å²) in [5, 5.41) is 0. The van der Waals surface area contributed by atoms with Gasteiger partial charge in [-0.1, -0.05) is 30.4 Å². The van der Waals surface area contributed by atoms with Gasteiger partial charge in [0, 0.05) is 0 Å². The molecule has 7 heavy (non-hydrogen) atoms. The SMILES string of the molecule is CCSC(=O)SC. The summed E-state index contributed by atoms with van der Waals surface area (Å²) in [5.41, 5.74) is 0. The van der Waals surface area contributed by atoms with Crippen molar-refractivity contribution < 1.29 is 4.79 Å². The molecule has 0 amide bonds. The fraction of sp³-hybridized carbons (Fsp3) is 0.750. The smallest absolute Gasteiger partial charge is 0.245 e. The van der Waals surface area contributed by atoms with E-state index in [1.54, 1.807) is 6.26 Å². The van der Waals surface area contributed by atoms with Gasteiger partial charge in [0.15, 0.2) is 0 Å². The first-order valence-corrected chi connectivity index (χ1v) is 4.23. The zero-order chi connectivity index (χ0) is 5.70. The van der Waals surface area contributed by atoms with E-state index in [-0.39, 0.29) is 4.45 Å². The summed E-state index contributed by atoms with van der Waals surface area (Å²) in [7, 11) is 0. The van der Waals surface area contributed by atoms with Crippen molar-refractivity contribution in [2.75, 3.05) is 12.0 Å². The second-order valence-electron chi connectivity index (χ2n) is 0.887. The maximum Gasteiger partial charge on any atom is 0.245 e. The molecular weight excluding hydrogens is 128 g/mol. The minimum atomic E-state index is 0.211. The largest absolute Gasteiger partial charge is 0.274 e. The van der Waals surface area contributed by atoms with E-state index in [1.165, 1.54) is 23.5 Å². The Morgan fingerprint density at radius 1 is 1.71 bits per heavy atom. The third-order valence-corrected chi connectivity index (χ3v) is 2.14. The second-order valence-corrected chi connectivity index (χ2v) is 3.16. The van der Waals surface area contributed by atoms with E-state index in [4.69, 9.17) is 0 Å². The fourth-order valence-electron chi connectivity index (χ4n) is 0.177. The quantitative estimate of drug-likeness (QED) is 0.550. The van der Waals surface area contributed by atoms with Gasteiger partial charge in [-0.3, -0.25) is 4.79 Å². The van der Waals surface area contributed by atoms with E-state index in [0.29, 0.717) is 0 Å². The molecule has 0 radical (unpaired) electrons. The Labute approximate surface area is 52.2 Å². The highest BCUT2D eigenvalue weighted by atomic mass is 32.2. The Morgan fingerprint density at radius 2 is 2.29 bits per heavy atom. The minimum absolute atomic E-state index is 0.211. The van der Waals surface area contributed by atoms with Crippen LogP contribution in [0, 0.1) is 0 Å². The van der Waals surface area contributed by atoms with Crippen LogP contribution in [0.1, 0.15) is 6.92 Å². The zero-order valence-electron chi connectivity index (χ0n) is 4.43. The Balaban J connectivity index is 3.00. The van der Waals surface area contributed by atoms with Crippen LogP contribution < -0.4 is 0 Å². The lowest BCUT2D eigenvalue weighted by atomic mass is 11.0. The Bertz CT molecular complexity index is 62.7. The molecule has 1 nitrogen and oxygen atoms in total. The van der Waals surface area contributed by atoms with Crippen LogP contribution >= 0.6 is 23.5 Å². The van der Waals surface area contributed by atoms with Gasteiger partial charge in [0.1, 0.15) is 0 Å². The van der Waals surface area contributed by atoms with Crippen LogP contribution in [0.3, 0.4) is 0 Å². The molecule has 0 aromatic rings. The highest BCUT2D eigenvalue weighted by Crippen LogP contribution is 2.11. The van der Waals surface area contributed by atoms with Crippen LogP contribution in [0.5, 0.6) is 0 Å². The number of hydrogen-bond donors (Lipinski definition) is 0. The molecule has 0 saturated heterocycles. The van der Waals surface area contributed by atoms with Crippen molar-refractivity contribution in [2.45, 2.75) is 6.92 Å². The summed E-state index contributed by atoms with van der Waals surface area (Å²) < 4.78 is 0.211. The number of carbonyl (C=O) groups is 1. The van der Waals surface area contributed by atoms with Gasteiger partial charge in [-0.15, -0.1) is 0 Å². The zero-order valence-corrected chi connectivity index (χ0v) is 6.06. The van der Waals surface area contributed by atoms with E-state index in [1.807, 2.05) is 6.92 Å². The van der Waals surface area contributed by atoms with Gasteiger partial charge in [0.2, 0.25) is 4.45 Å². The molecule has 0 fully saturated rings. The van der Waals surface area contributed by atoms with E-state index in [9.17, 15) is 4.79 Å². The van der Waals surface area contributed by atoms with Crippen LogP contribution in [-0.4, -0.2) is 16.5 Å². The van der Waals surface area contributed by atoms with E-state index in [2.05, 4.69) is 0 Å². The summed E-state index contributed by atoms with van der Waals surface area (Å²) in [4.78, 5) is 10.3. The molecule has 0 atom stereocenters. The molecule has 0 aliphatic heterocycles. The predicted octanol–water partition coefficient (Wildman–Crippen LogP) is 2.22. The normalized spacial score (nSPS) is 8.86. The highest BCUT2D eigenvalue weighted by Gasteiger charge is 1.92. The van der Waals surface area contributed by atoms with E-state index in [0.717, 1.165) is 5.75 Å². The van der Waals surface area contributed by atoms with Crippen molar-refractivity contribution in [1.29, 1.82) is 0 Å². The van der Waals surface area contributed by atoms with Gasteiger partial charge in [0.05, 0.1) is 0 Å². The minimum Gasteiger partial charge on any atom is -0.274 e. The third-order valence-electron chi connectivity index (χ3n) is 0.429. The van der Waals surface area contributed by atoms with Crippen LogP contribution in [0.4, 0.5) is 4.79 Å². The van der Waals surface area contributed by atoms with Gasteiger partial charge in [0.25, 0.3) is 0 Å². The molecule has 0 heterocycles. The van der Waals surface area contributed by atoms with Gasteiger partial charge in [-0.25, -0.2) is 0 Å². The number of rotatable bonds is 1. The van der Waals surface area contributed by atoms with Crippen LogP contribution in [0.2, 0.25) is 0 Å². The van der Waals surface area contributed by atoms with Crippen LogP contribution in [0.15, 0.2) is 0 Å². The first-order chi connectivity index (χ1) is 3.31. The third kappa shape index (κ3) is 4.22.